The van der Waals surface area contributed by atoms with Crippen LogP contribution in [0.5, 0.6) is 11.5 Å². The monoisotopic (exact) mass is 395 g/mol. The van der Waals surface area contributed by atoms with Crippen LogP contribution in [0.25, 0.3) is 0 Å². The average Bonchev–Trinajstić information content (AvgIpc) is 2.77. The van der Waals surface area contributed by atoms with Crippen molar-refractivity contribution in [1.29, 1.82) is 0 Å². The second kappa shape index (κ2) is 8.03. The molecule has 0 saturated carbocycles. The van der Waals surface area contributed by atoms with Gasteiger partial charge < -0.3 is 24.2 Å². The highest BCUT2D eigenvalue weighted by Crippen LogP contribution is 2.34. The third-order valence-electron chi connectivity index (χ3n) is 5.45. The number of methoxy groups -OCH3 is 1. The van der Waals surface area contributed by atoms with E-state index >= 15 is 0 Å². The van der Waals surface area contributed by atoms with Gasteiger partial charge in [0.15, 0.2) is 6.10 Å². The van der Waals surface area contributed by atoms with Gasteiger partial charge in [0, 0.05) is 33.1 Å². The molecular formula is C22H25N3O4. The van der Waals surface area contributed by atoms with E-state index in [2.05, 4.69) is 4.90 Å². The predicted octanol–water partition coefficient (Wildman–Crippen LogP) is 2.16. The van der Waals surface area contributed by atoms with E-state index in [1.807, 2.05) is 47.4 Å². The Hall–Kier alpha value is -3.22. The molecule has 0 unspecified atom stereocenters. The zero-order chi connectivity index (χ0) is 20.4. The van der Waals surface area contributed by atoms with Gasteiger partial charge in [-0.3, -0.25) is 9.59 Å². The Morgan fingerprint density at radius 1 is 0.966 bits per heavy atom. The van der Waals surface area contributed by atoms with E-state index in [1.54, 1.807) is 18.1 Å². The lowest BCUT2D eigenvalue weighted by atomic mass is 10.1. The lowest BCUT2D eigenvalue weighted by molar-refractivity contribution is -0.139. The molecule has 0 aliphatic carbocycles. The van der Waals surface area contributed by atoms with Crippen molar-refractivity contribution in [2.75, 3.05) is 49.6 Å². The third kappa shape index (κ3) is 3.72. The quantitative estimate of drug-likeness (QED) is 0.797. The van der Waals surface area contributed by atoms with Crippen LogP contribution in [-0.4, -0.2) is 62.7 Å². The number of amides is 2. The molecule has 0 radical (unpaired) electrons. The van der Waals surface area contributed by atoms with E-state index in [1.165, 1.54) is 6.92 Å². The molecule has 1 atom stereocenters. The summed E-state index contributed by atoms with van der Waals surface area (Å²) in [5, 5.41) is 0. The molecule has 0 bridgehead atoms. The van der Waals surface area contributed by atoms with Gasteiger partial charge in [-0.1, -0.05) is 24.3 Å². The molecule has 7 heteroatoms. The first-order valence-corrected chi connectivity index (χ1v) is 9.79. The van der Waals surface area contributed by atoms with Crippen molar-refractivity contribution in [2.45, 2.75) is 13.0 Å². The summed E-state index contributed by atoms with van der Waals surface area (Å²) in [6, 6.07) is 15.2. The molecule has 4 rings (SSSR count). The summed E-state index contributed by atoms with van der Waals surface area (Å²) in [4.78, 5) is 30.9. The number of para-hydroxylation sites is 4. The van der Waals surface area contributed by atoms with Crippen LogP contribution in [0.3, 0.4) is 0 Å². The smallest absolute Gasteiger partial charge is 0.265 e. The average molecular weight is 395 g/mol. The summed E-state index contributed by atoms with van der Waals surface area (Å²) in [6.45, 7) is 4.36. The number of fused-ring (bicyclic) bond motifs is 1. The summed E-state index contributed by atoms with van der Waals surface area (Å²) in [7, 11) is 1.66. The fourth-order valence-electron chi connectivity index (χ4n) is 3.92. The molecule has 2 amide bonds. The molecule has 1 fully saturated rings. The summed E-state index contributed by atoms with van der Waals surface area (Å²) in [5.74, 6) is 1.22. The highest BCUT2D eigenvalue weighted by molar-refractivity contribution is 5.96. The van der Waals surface area contributed by atoms with Gasteiger partial charge in [0.25, 0.3) is 5.91 Å². The van der Waals surface area contributed by atoms with Crippen LogP contribution >= 0.6 is 0 Å². The van der Waals surface area contributed by atoms with Crippen molar-refractivity contribution in [1.82, 2.24) is 4.90 Å². The Kier molecular flexibility index (Phi) is 5.29. The Balaban J connectivity index is 1.44. The van der Waals surface area contributed by atoms with E-state index in [0.717, 1.165) is 11.4 Å². The SMILES string of the molecule is COc1ccccc1N1CCN(C(=O)[C@@H]2CN(C(C)=O)c3ccccc3O2)CC1. The first-order chi connectivity index (χ1) is 14.1. The minimum atomic E-state index is -0.688. The topological polar surface area (TPSA) is 62.3 Å². The molecule has 152 valence electrons. The second-order valence-electron chi connectivity index (χ2n) is 7.19. The summed E-state index contributed by atoms with van der Waals surface area (Å²) >= 11 is 0. The first kappa shape index (κ1) is 19.1. The summed E-state index contributed by atoms with van der Waals surface area (Å²) in [5.41, 5.74) is 1.75. The maximum Gasteiger partial charge on any atom is 0.265 e. The number of hydrogen-bond acceptors (Lipinski definition) is 5. The molecule has 7 nitrogen and oxygen atoms in total. The fraction of sp³-hybridized carbons (Fsp3) is 0.364. The summed E-state index contributed by atoms with van der Waals surface area (Å²) < 4.78 is 11.4. The molecule has 29 heavy (non-hydrogen) atoms. The maximum absolute atomic E-state index is 13.1. The van der Waals surface area contributed by atoms with Crippen LogP contribution in [-0.2, 0) is 9.59 Å². The molecule has 0 aromatic heterocycles. The molecular weight excluding hydrogens is 370 g/mol. The molecule has 0 N–H and O–H groups in total. The molecule has 2 aromatic carbocycles. The van der Waals surface area contributed by atoms with E-state index < -0.39 is 6.10 Å². The van der Waals surface area contributed by atoms with Gasteiger partial charge in [-0.15, -0.1) is 0 Å². The van der Waals surface area contributed by atoms with Crippen LogP contribution < -0.4 is 19.3 Å². The van der Waals surface area contributed by atoms with Crippen molar-refractivity contribution in [3.8, 4) is 11.5 Å². The number of hydrogen-bond donors (Lipinski definition) is 0. The second-order valence-corrected chi connectivity index (χ2v) is 7.19. The Bertz CT molecular complexity index is 908. The fourth-order valence-corrected chi connectivity index (χ4v) is 3.92. The number of benzene rings is 2. The molecule has 2 heterocycles. The Labute approximate surface area is 170 Å². The van der Waals surface area contributed by atoms with Crippen LogP contribution in [0.15, 0.2) is 48.5 Å². The minimum Gasteiger partial charge on any atom is -0.495 e. The van der Waals surface area contributed by atoms with Gasteiger partial charge in [-0.2, -0.15) is 0 Å². The zero-order valence-corrected chi connectivity index (χ0v) is 16.7. The molecule has 2 aromatic rings. The van der Waals surface area contributed by atoms with Gasteiger partial charge in [0.1, 0.15) is 11.5 Å². The molecule has 1 saturated heterocycles. The number of carbonyl (C=O) groups excluding carboxylic acids is 2. The highest BCUT2D eigenvalue weighted by Gasteiger charge is 2.36. The maximum atomic E-state index is 13.1. The van der Waals surface area contributed by atoms with E-state index in [9.17, 15) is 9.59 Å². The van der Waals surface area contributed by atoms with Crippen molar-refractivity contribution in [3.63, 3.8) is 0 Å². The van der Waals surface area contributed by atoms with Crippen molar-refractivity contribution in [3.05, 3.63) is 48.5 Å². The van der Waals surface area contributed by atoms with Gasteiger partial charge in [0.05, 0.1) is 25.0 Å². The van der Waals surface area contributed by atoms with Gasteiger partial charge in [-0.05, 0) is 24.3 Å². The normalized spacial score (nSPS) is 18.7. The van der Waals surface area contributed by atoms with Crippen LogP contribution in [0.1, 0.15) is 6.92 Å². The predicted molar refractivity (Wildman–Crippen MR) is 111 cm³/mol. The first-order valence-electron chi connectivity index (χ1n) is 9.79. The molecule has 2 aliphatic heterocycles. The van der Waals surface area contributed by atoms with Crippen LogP contribution in [0, 0.1) is 0 Å². The van der Waals surface area contributed by atoms with E-state index in [-0.39, 0.29) is 18.4 Å². The largest absolute Gasteiger partial charge is 0.495 e. The Morgan fingerprint density at radius 3 is 2.31 bits per heavy atom. The standard InChI is InChI=1S/C22H25N3O4/c1-16(26)25-15-21(29-20-10-6-4-8-18(20)25)22(27)24-13-11-23(12-14-24)17-7-3-5-9-19(17)28-2/h3-10,21H,11-15H2,1-2H3/t21-/m0/s1. The lowest BCUT2D eigenvalue weighted by Crippen LogP contribution is -2.56. The minimum absolute atomic E-state index is 0.0783. The molecule has 0 spiro atoms. The third-order valence-corrected chi connectivity index (χ3v) is 5.45. The number of ether oxygens (including phenoxy) is 2. The number of carbonyl (C=O) groups is 2. The number of rotatable bonds is 3. The van der Waals surface area contributed by atoms with Crippen molar-refractivity contribution < 1.29 is 19.1 Å². The van der Waals surface area contributed by atoms with Gasteiger partial charge >= 0.3 is 0 Å². The van der Waals surface area contributed by atoms with E-state index in [4.69, 9.17) is 9.47 Å². The van der Waals surface area contributed by atoms with Gasteiger partial charge in [0.2, 0.25) is 5.91 Å². The summed E-state index contributed by atoms with van der Waals surface area (Å²) in [6.07, 6.45) is -0.688. The number of piperazine rings is 1. The number of anilines is 2. The van der Waals surface area contributed by atoms with Gasteiger partial charge in [-0.25, -0.2) is 0 Å². The van der Waals surface area contributed by atoms with Crippen LogP contribution in [0.4, 0.5) is 11.4 Å². The van der Waals surface area contributed by atoms with Crippen molar-refractivity contribution >= 4 is 23.2 Å². The van der Waals surface area contributed by atoms with E-state index in [0.29, 0.717) is 37.6 Å². The highest BCUT2D eigenvalue weighted by atomic mass is 16.5. The van der Waals surface area contributed by atoms with Crippen molar-refractivity contribution in [2.24, 2.45) is 0 Å². The number of nitrogens with zero attached hydrogens (tertiary/aromatic N) is 3. The Morgan fingerprint density at radius 2 is 1.62 bits per heavy atom. The molecule has 2 aliphatic rings. The lowest BCUT2D eigenvalue weighted by Gasteiger charge is -2.40. The zero-order valence-electron chi connectivity index (χ0n) is 16.7. The van der Waals surface area contributed by atoms with Crippen LogP contribution in [0.2, 0.25) is 0 Å².